The lowest BCUT2D eigenvalue weighted by molar-refractivity contribution is -0.114. The fourth-order valence-corrected chi connectivity index (χ4v) is 7.19. The van der Waals surface area contributed by atoms with Crippen LogP contribution < -0.4 is 9.62 Å². The average Bonchev–Trinajstić information content (AvgIpc) is 2.88. The maximum absolute atomic E-state index is 13.5. The first kappa shape index (κ1) is 27.1. The van der Waals surface area contributed by atoms with Crippen molar-refractivity contribution in [2.75, 3.05) is 29.3 Å². The molecule has 1 aliphatic heterocycles. The van der Waals surface area contributed by atoms with E-state index in [2.05, 4.69) is 5.32 Å². The van der Waals surface area contributed by atoms with Gasteiger partial charge in [-0.1, -0.05) is 41.8 Å². The van der Waals surface area contributed by atoms with Crippen molar-refractivity contribution in [1.82, 2.24) is 4.31 Å². The van der Waals surface area contributed by atoms with Crippen LogP contribution in [0.15, 0.2) is 82.6 Å². The van der Waals surface area contributed by atoms with E-state index in [1.54, 1.807) is 30.3 Å². The molecule has 0 aromatic heterocycles. The van der Waals surface area contributed by atoms with Crippen molar-refractivity contribution in [3.8, 4) is 0 Å². The lowest BCUT2D eigenvalue weighted by atomic mass is 10.2. The van der Waals surface area contributed by atoms with Gasteiger partial charge in [-0.3, -0.25) is 9.10 Å². The monoisotopic (exact) mass is 561 g/mol. The Labute approximate surface area is 223 Å². The smallest absolute Gasteiger partial charge is 0.264 e. The van der Waals surface area contributed by atoms with Gasteiger partial charge in [0.2, 0.25) is 15.9 Å². The number of carbonyl (C=O) groups is 1. The van der Waals surface area contributed by atoms with Gasteiger partial charge in [0, 0.05) is 23.8 Å². The molecule has 4 rings (SSSR count). The van der Waals surface area contributed by atoms with E-state index in [0.717, 1.165) is 29.1 Å². The molecule has 0 bridgehead atoms. The van der Waals surface area contributed by atoms with Crippen LogP contribution in [0.25, 0.3) is 0 Å². The maximum atomic E-state index is 13.5. The number of nitrogens with one attached hydrogen (secondary N) is 1. The first-order valence-corrected chi connectivity index (χ1v) is 15.1. The molecule has 8 nitrogen and oxygen atoms in total. The number of anilines is 2. The van der Waals surface area contributed by atoms with Crippen molar-refractivity contribution in [2.24, 2.45) is 0 Å². The molecule has 3 aromatic rings. The fraction of sp³-hybridized carbons (Fsp3) is 0.269. The van der Waals surface area contributed by atoms with Gasteiger partial charge in [-0.05, 0) is 74.4 Å². The predicted molar refractivity (Wildman–Crippen MR) is 145 cm³/mol. The minimum Gasteiger partial charge on any atom is -0.325 e. The van der Waals surface area contributed by atoms with Crippen LogP contribution in [0.1, 0.15) is 24.8 Å². The number of piperidine rings is 1. The molecule has 0 spiro atoms. The molecule has 0 unspecified atom stereocenters. The van der Waals surface area contributed by atoms with Gasteiger partial charge in [-0.25, -0.2) is 16.8 Å². The minimum absolute atomic E-state index is 0.0400. The first-order valence-electron chi connectivity index (χ1n) is 11.8. The van der Waals surface area contributed by atoms with Crippen molar-refractivity contribution in [3.05, 3.63) is 83.4 Å². The Bertz CT molecular complexity index is 1470. The highest BCUT2D eigenvalue weighted by molar-refractivity contribution is 7.92. The number of hydrogen-bond donors (Lipinski definition) is 1. The largest absolute Gasteiger partial charge is 0.325 e. The Balaban J connectivity index is 1.54. The standard InChI is InChI=1S/C26H28ClN3O5S2/c1-20-8-12-25(13-9-20)37(34,35)30(23-7-5-6-21(27)18-23)19-26(31)28-22-10-14-24(15-11-22)36(32,33)29-16-3-2-4-17-29/h5-15,18H,2-4,16-17,19H2,1H3,(H,28,31). The van der Waals surface area contributed by atoms with Crippen molar-refractivity contribution in [2.45, 2.75) is 36.0 Å². The molecule has 1 N–H and O–H groups in total. The summed E-state index contributed by atoms with van der Waals surface area (Å²) < 4.78 is 55.2. The summed E-state index contributed by atoms with van der Waals surface area (Å²) in [6, 6.07) is 18.5. The van der Waals surface area contributed by atoms with Gasteiger partial charge >= 0.3 is 0 Å². The molecule has 1 heterocycles. The number of aryl methyl sites for hydroxylation is 1. The van der Waals surface area contributed by atoms with Gasteiger partial charge in [-0.2, -0.15) is 4.31 Å². The Morgan fingerprint density at radius 2 is 1.51 bits per heavy atom. The highest BCUT2D eigenvalue weighted by atomic mass is 35.5. The fourth-order valence-electron chi connectivity index (χ4n) is 4.08. The number of amides is 1. The second kappa shape index (κ2) is 11.2. The third-order valence-electron chi connectivity index (χ3n) is 6.08. The summed E-state index contributed by atoms with van der Waals surface area (Å²) in [7, 11) is -7.68. The molecule has 1 fully saturated rings. The molecule has 11 heteroatoms. The van der Waals surface area contributed by atoms with Gasteiger partial charge in [-0.15, -0.1) is 0 Å². The van der Waals surface area contributed by atoms with Crippen molar-refractivity contribution >= 4 is 48.9 Å². The van der Waals surface area contributed by atoms with Gasteiger partial charge in [0.25, 0.3) is 10.0 Å². The van der Waals surface area contributed by atoms with E-state index in [-0.39, 0.29) is 15.5 Å². The average molecular weight is 562 g/mol. The summed E-state index contributed by atoms with van der Waals surface area (Å²) in [6.07, 6.45) is 2.69. The van der Waals surface area contributed by atoms with Crippen LogP contribution in [0.2, 0.25) is 5.02 Å². The van der Waals surface area contributed by atoms with Crippen LogP contribution in [0.3, 0.4) is 0 Å². The minimum atomic E-state index is -4.08. The van der Waals surface area contributed by atoms with Crippen LogP contribution >= 0.6 is 11.6 Å². The van der Waals surface area contributed by atoms with Crippen LogP contribution in [0.5, 0.6) is 0 Å². The van der Waals surface area contributed by atoms with E-state index in [1.807, 2.05) is 6.92 Å². The summed E-state index contributed by atoms with van der Waals surface area (Å²) in [4.78, 5) is 13.2. The first-order chi connectivity index (χ1) is 17.6. The molecule has 37 heavy (non-hydrogen) atoms. The van der Waals surface area contributed by atoms with Crippen LogP contribution in [0, 0.1) is 6.92 Å². The molecule has 0 atom stereocenters. The zero-order valence-corrected chi connectivity index (χ0v) is 22.7. The molecule has 0 radical (unpaired) electrons. The van der Waals surface area contributed by atoms with Gasteiger partial charge in [0.1, 0.15) is 6.54 Å². The van der Waals surface area contributed by atoms with Crippen molar-refractivity contribution in [1.29, 1.82) is 0 Å². The topological polar surface area (TPSA) is 104 Å². The molecule has 0 saturated carbocycles. The number of carbonyl (C=O) groups excluding carboxylic acids is 1. The second-order valence-electron chi connectivity index (χ2n) is 8.84. The van der Waals surface area contributed by atoms with E-state index < -0.39 is 32.5 Å². The summed E-state index contributed by atoms with van der Waals surface area (Å²) in [5.41, 5.74) is 1.49. The van der Waals surface area contributed by atoms with E-state index in [0.29, 0.717) is 23.8 Å². The summed E-state index contributed by atoms with van der Waals surface area (Å²) in [6.45, 7) is 2.33. The Morgan fingerprint density at radius 3 is 2.14 bits per heavy atom. The summed E-state index contributed by atoms with van der Waals surface area (Å²) in [5, 5.41) is 2.99. The van der Waals surface area contributed by atoms with E-state index in [9.17, 15) is 21.6 Å². The molecule has 1 saturated heterocycles. The Morgan fingerprint density at radius 1 is 0.892 bits per heavy atom. The molecular weight excluding hydrogens is 534 g/mol. The number of hydrogen-bond acceptors (Lipinski definition) is 5. The Hall–Kier alpha value is -2.92. The Kier molecular flexibility index (Phi) is 8.23. The molecule has 1 aliphatic rings. The number of rotatable bonds is 8. The summed E-state index contributed by atoms with van der Waals surface area (Å²) >= 11 is 6.11. The summed E-state index contributed by atoms with van der Waals surface area (Å²) in [5.74, 6) is -0.595. The lowest BCUT2D eigenvalue weighted by Crippen LogP contribution is -2.38. The van der Waals surface area contributed by atoms with E-state index in [4.69, 9.17) is 11.6 Å². The highest BCUT2D eigenvalue weighted by Gasteiger charge is 2.28. The van der Waals surface area contributed by atoms with E-state index in [1.165, 1.54) is 46.8 Å². The quantitative estimate of drug-likeness (QED) is 0.431. The third kappa shape index (κ3) is 6.32. The number of benzene rings is 3. The molecule has 196 valence electrons. The lowest BCUT2D eigenvalue weighted by Gasteiger charge is -2.26. The van der Waals surface area contributed by atoms with Crippen molar-refractivity contribution in [3.63, 3.8) is 0 Å². The van der Waals surface area contributed by atoms with Crippen LogP contribution in [0.4, 0.5) is 11.4 Å². The maximum Gasteiger partial charge on any atom is 0.264 e. The molecule has 1 amide bonds. The van der Waals surface area contributed by atoms with Gasteiger partial charge in [0.15, 0.2) is 0 Å². The molecular formula is C26H28ClN3O5S2. The van der Waals surface area contributed by atoms with Crippen LogP contribution in [-0.4, -0.2) is 46.7 Å². The number of halogens is 1. The SMILES string of the molecule is Cc1ccc(S(=O)(=O)N(CC(=O)Nc2ccc(S(=O)(=O)N3CCCCC3)cc2)c2cccc(Cl)c2)cc1. The normalized spacial score (nSPS) is 14.8. The zero-order chi connectivity index (χ0) is 26.6. The molecule has 0 aliphatic carbocycles. The second-order valence-corrected chi connectivity index (χ2v) is 13.1. The van der Waals surface area contributed by atoms with E-state index >= 15 is 0 Å². The van der Waals surface area contributed by atoms with Crippen molar-refractivity contribution < 1.29 is 21.6 Å². The van der Waals surface area contributed by atoms with Crippen LogP contribution in [-0.2, 0) is 24.8 Å². The number of nitrogens with zero attached hydrogens (tertiary/aromatic N) is 2. The van der Waals surface area contributed by atoms with Gasteiger partial charge in [0.05, 0.1) is 15.5 Å². The van der Waals surface area contributed by atoms with Gasteiger partial charge < -0.3 is 5.32 Å². The predicted octanol–water partition coefficient (Wildman–Crippen LogP) is 4.66. The zero-order valence-electron chi connectivity index (χ0n) is 20.3. The number of sulfonamides is 2. The molecule has 3 aromatic carbocycles. The highest BCUT2D eigenvalue weighted by Crippen LogP contribution is 2.27. The third-order valence-corrected chi connectivity index (χ3v) is 10.0.